The Bertz CT molecular complexity index is 693. The van der Waals surface area contributed by atoms with Crippen LogP contribution in [0.1, 0.15) is 37.9 Å². The number of fused-ring (bicyclic) bond motifs is 3. The fourth-order valence-corrected chi connectivity index (χ4v) is 3.01. The Kier molecular flexibility index (Phi) is 4.65. The summed E-state index contributed by atoms with van der Waals surface area (Å²) in [6, 6.07) is 8.23. The number of aromatic nitrogens is 2. The number of ether oxygens (including phenoxy) is 1. The molecule has 1 N–H and O–H groups in total. The van der Waals surface area contributed by atoms with Crippen LogP contribution in [0.4, 0.5) is 4.79 Å². The van der Waals surface area contributed by atoms with Crippen molar-refractivity contribution in [3.05, 3.63) is 35.5 Å². The lowest BCUT2D eigenvalue weighted by Crippen LogP contribution is -2.34. The number of hydrogen-bond acceptors (Lipinski definition) is 3. The van der Waals surface area contributed by atoms with Crippen molar-refractivity contribution in [2.24, 2.45) is 0 Å². The molecule has 1 aromatic heterocycles. The maximum absolute atomic E-state index is 12.4. The van der Waals surface area contributed by atoms with Gasteiger partial charge in [-0.2, -0.15) is 0 Å². The topological polar surface area (TPSA) is 58.2 Å². The molecule has 23 heavy (non-hydrogen) atoms. The molecule has 0 saturated heterocycles. The molecule has 0 spiro atoms. The average Bonchev–Trinajstić information content (AvgIpc) is 2.99. The molecule has 3 rings (SSSR count). The highest BCUT2D eigenvalue weighted by Gasteiger charge is 2.25. The molecule has 2 aromatic rings. The molecule has 122 valence electrons. The third-order valence-electron chi connectivity index (χ3n) is 4.34. The van der Waals surface area contributed by atoms with Crippen LogP contribution in [0.3, 0.4) is 0 Å². The number of unbranched alkanes of at least 4 members (excludes halogenated alkanes) is 1. The molecule has 0 fully saturated rings. The first kappa shape index (κ1) is 15.6. The number of hydrogen-bond donors (Lipinski definition) is 1. The molecule has 1 amide bonds. The number of aryl methyl sites for hydroxylation is 2. The molecular weight excluding hydrogens is 290 g/mol. The summed E-state index contributed by atoms with van der Waals surface area (Å²) in [4.78, 5) is 14.1. The molecule has 1 heterocycles. The number of carbonyl (C=O) groups is 1. The van der Waals surface area contributed by atoms with Gasteiger partial charge in [0.15, 0.2) is 0 Å². The first-order valence-electron chi connectivity index (χ1n) is 8.36. The maximum Gasteiger partial charge on any atom is 0.416 e. The van der Waals surface area contributed by atoms with E-state index < -0.39 is 0 Å². The summed E-state index contributed by atoms with van der Waals surface area (Å²) in [5.74, 6) is 0.395. The van der Waals surface area contributed by atoms with Gasteiger partial charge in [-0.1, -0.05) is 37.6 Å². The predicted octanol–water partition coefficient (Wildman–Crippen LogP) is 3.80. The van der Waals surface area contributed by atoms with Crippen LogP contribution in [0.25, 0.3) is 11.1 Å². The van der Waals surface area contributed by atoms with Crippen LogP contribution in [-0.2, 0) is 12.8 Å². The monoisotopic (exact) mass is 313 g/mol. The second-order valence-corrected chi connectivity index (χ2v) is 5.84. The number of H-pyrrole nitrogens is 1. The molecule has 0 saturated carbocycles. The second-order valence-electron chi connectivity index (χ2n) is 5.84. The van der Waals surface area contributed by atoms with Gasteiger partial charge in [-0.05, 0) is 37.3 Å². The summed E-state index contributed by atoms with van der Waals surface area (Å²) >= 11 is 0. The lowest BCUT2D eigenvalue weighted by Gasteiger charge is -2.20. The first-order valence-corrected chi connectivity index (χ1v) is 8.36. The number of benzene rings is 1. The van der Waals surface area contributed by atoms with Crippen LogP contribution >= 0.6 is 0 Å². The molecular formula is C18H23N3O2. The van der Waals surface area contributed by atoms with Crippen LogP contribution < -0.4 is 4.74 Å². The van der Waals surface area contributed by atoms with Crippen molar-refractivity contribution in [3.63, 3.8) is 0 Å². The van der Waals surface area contributed by atoms with E-state index in [4.69, 9.17) is 4.74 Å². The minimum atomic E-state index is -0.321. The van der Waals surface area contributed by atoms with E-state index in [-0.39, 0.29) is 6.09 Å². The average molecular weight is 313 g/mol. The fourth-order valence-electron chi connectivity index (χ4n) is 3.01. The molecule has 5 nitrogen and oxygen atoms in total. The van der Waals surface area contributed by atoms with E-state index >= 15 is 0 Å². The van der Waals surface area contributed by atoms with Crippen LogP contribution in [0.2, 0.25) is 0 Å². The van der Waals surface area contributed by atoms with E-state index in [0.717, 1.165) is 49.0 Å². The van der Waals surface area contributed by atoms with Crippen molar-refractivity contribution in [1.82, 2.24) is 15.1 Å². The molecule has 1 aromatic carbocycles. The van der Waals surface area contributed by atoms with E-state index in [1.165, 1.54) is 5.56 Å². The van der Waals surface area contributed by atoms with Gasteiger partial charge < -0.3 is 9.64 Å². The Morgan fingerprint density at radius 2 is 2.13 bits per heavy atom. The van der Waals surface area contributed by atoms with E-state index in [1.54, 1.807) is 4.90 Å². The Morgan fingerprint density at radius 3 is 2.91 bits per heavy atom. The quantitative estimate of drug-likeness (QED) is 0.913. The van der Waals surface area contributed by atoms with Crippen molar-refractivity contribution >= 4 is 6.09 Å². The van der Waals surface area contributed by atoms with E-state index in [0.29, 0.717) is 12.4 Å². The predicted molar refractivity (Wildman–Crippen MR) is 89.6 cm³/mol. The van der Waals surface area contributed by atoms with Crippen molar-refractivity contribution in [3.8, 4) is 17.0 Å². The van der Waals surface area contributed by atoms with Gasteiger partial charge in [0.05, 0.1) is 5.56 Å². The number of rotatable bonds is 5. The van der Waals surface area contributed by atoms with Crippen molar-refractivity contribution in [2.75, 3.05) is 13.1 Å². The zero-order chi connectivity index (χ0) is 16.2. The maximum atomic E-state index is 12.4. The second kappa shape index (κ2) is 6.86. The van der Waals surface area contributed by atoms with Gasteiger partial charge in [0.25, 0.3) is 5.88 Å². The molecule has 1 aliphatic rings. The number of carbonyl (C=O) groups excluding carboxylic acids is 1. The molecule has 0 radical (unpaired) electrons. The SMILES string of the molecule is CCCCN(CC)C(=O)Oc1n[nH]c2c1-c1ccccc1CC2. The number of aromatic amines is 1. The van der Waals surface area contributed by atoms with Crippen molar-refractivity contribution in [1.29, 1.82) is 0 Å². The van der Waals surface area contributed by atoms with Gasteiger partial charge in [-0.15, -0.1) is 5.10 Å². The summed E-state index contributed by atoms with van der Waals surface area (Å²) in [6.45, 7) is 5.43. The van der Waals surface area contributed by atoms with Crippen LogP contribution in [0.15, 0.2) is 24.3 Å². The summed E-state index contributed by atoms with van der Waals surface area (Å²) in [5.41, 5.74) is 4.37. The Morgan fingerprint density at radius 1 is 1.30 bits per heavy atom. The number of amides is 1. The fraction of sp³-hybridized carbons (Fsp3) is 0.444. The Balaban J connectivity index is 1.84. The lowest BCUT2D eigenvalue weighted by atomic mass is 9.90. The molecule has 0 bridgehead atoms. The normalized spacial score (nSPS) is 12.4. The molecule has 0 unspecified atom stereocenters. The van der Waals surface area contributed by atoms with E-state index in [1.807, 2.05) is 19.1 Å². The summed E-state index contributed by atoms with van der Waals surface area (Å²) in [6.07, 6.45) is 3.58. The molecule has 0 atom stereocenters. The van der Waals surface area contributed by atoms with Gasteiger partial charge >= 0.3 is 6.09 Å². The highest BCUT2D eigenvalue weighted by atomic mass is 16.6. The van der Waals surface area contributed by atoms with Gasteiger partial charge in [0.2, 0.25) is 0 Å². The summed E-state index contributed by atoms with van der Waals surface area (Å²) in [5, 5.41) is 7.27. The largest absolute Gasteiger partial charge is 0.416 e. The zero-order valence-electron chi connectivity index (χ0n) is 13.8. The third-order valence-corrected chi connectivity index (χ3v) is 4.34. The first-order chi connectivity index (χ1) is 11.2. The molecule has 0 aliphatic heterocycles. The lowest BCUT2D eigenvalue weighted by molar-refractivity contribution is 0.152. The Hall–Kier alpha value is -2.30. The van der Waals surface area contributed by atoms with E-state index in [2.05, 4.69) is 29.3 Å². The summed E-state index contributed by atoms with van der Waals surface area (Å²) < 4.78 is 5.60. The van der Waals surface area contributed by atoms with Crippen LogP contribution in [0.5, 0.6) is 5.88 Å². The van der Waals surface area contributed by atoms with Crippen LogP contribution in [0, 0.1) is 0 Å². The van der Waals surface area contributed by atoms with Gasteiger partial charge in [0.1, 0.15) is 0 Å². The number of nitrogens with one attached hydrogen (secondary N) is 1. The Labute approximate surface area is 136 Å². The minimum Gasteiger partial charge on any atom is -0.389 e. The molecule has 5 heteroatoms. The van der Waals surface area contributed by atoms with Crippen molar-refractivity contribution < 1.29 is 9.53 Å². The van der Waals surface area contributed by atoms with Crippen molar-refractivity contribution in [2.45, 2.75) is 39.5 Å². The van der Waals surface area contributed by atoms with Gasteiger partial charge in [-0.25, -0.2) is 4.79 Å². The third kappa shape index (κ3) is 3.09. The highest BCUT2D eigenvalue weighted by Crippen LogP contribution is 2.38. The smallest absolute Gasteiger partial charge is 0.389 e. The van der Waals surface area contributed by atoms with E-state index in [9.17, 15) is 4.79 Å². The molecule has 1 aliphatic carbocycles. The summed E-state index contributed by atoms with van der Waals surface area (Å²) in [7, 11) is 0. The highest BCUT2D eigenvalue weighted by molar-refractivity contribution is 5.79. The zero-order valence-corrected chi connectivity index (χ0v) is 13.8. The number of nitrogens with zero attached hydrogens (tertiary/aromatic N) is 2. The van der Waals surface area contributed by atoms with Gasteiger partial charge in [0, 0.05) is 18.8 Å². The minimum absolute atomic E-state index is 0.321. The standard InChI is InChI=1S/C18H23N3O2/c1-3-5-12-21(4-2)18(22)23-17-16-14-9-7-6-8-13(14)10-11-15(16)19-20-17/h6-9H,3-5,10-12H2,1-2H3,(H,19,20). The van der Waals surface area contributed by atoms with Crippen LogP contribution in [-0.4, -0.2) is 34.3 Å². The van der Waals surface area contributed by atoms with Gasteiger partial charge in [-0.3, -0.25) is 5.10 Å².